The van der Waals surface area contributed by atoms with Crippen LogP contribution in [0.25, 0.3) is 0 Å². The molecule has 0 aromatic rings. The molecule has 16 heavy (non-hydrogen) atoms. The number of hydrogen-bond donors (Lipinski definition) is 0. The minimum Gasteiger partial charge on any atom is -0.452 e. The molecular weight excluding hydrogens is 271 g/mol. The summed E-state index contributed by atoms with van der Waals surface area (Å²) in [5, 5.41) is -0.0791. The van der Waals surface area contributed by atoms with E-state index in [2.05, 4.69) is 0 Å². The third-order valence-electron chi connectivity index (χ3n) is 1.69. The molecule has 1 atom stereocenters. The van der Waals surface area contributed by atoms with Crippen molar-refractivity contribution in [1.29, 1.82) is 0 Å². The number of rotatable bonds is 2. The number of ether oxygens (including phenoxy) is 1. The molecule has 1 aliphatic rings. The molecule has 0 amide bonds. The second-order valence-corrected chi connectivity index (χ2v) is 7.02. The van der Waals surface area contributed by atoms with Crippen molar-refractivity contribution in [2.45, 2.75) is 38.0 Å². The van der Waals surface area contributed by atoms with E-state index < -0.39 is 12.1 Å². The molecule has 0 bridgehead atoms. The number of cyclic esters (lactones) is 1. The van der Waals surface area contributed by atoms with Crippen molar-refractivity contribution in [3.05, 3.63) is 10.1 Å². The van der Waals surface area contributed by atoms with E-state index in [0.29, 0.717) is 0 Å². The van der Waals surface area contributed by atoms with E-state index in [9.17, 15) is 9.59 Å². The smallest absolute Gasteiger partial charge is 0.351 e. The largest absolute Gasteiger partial charge is 0.452 e. The highest BCUT2D eigenvalue weighted by molar-refractivity contribution is 8.14. The fraction of sp³-hybridized carbons (Fsp3) is 0.600. The Morgan fingerprint density at radius 2 is 2.00 bits per heavy atom. The molecule has 1 aliphatic heterocycles. The highest BCUT2D eigenvalue weighted by atomic mass is 35.5. The number of esters is 1. The summed E-state index contributed by atoms with van der Waals surface area (Å²) in [5.41, 5.74) is 0. The van der Waals surface area contributed by atoms with Crippen LogP contribution in [0.3, 0.4) is 0 Å². The average Bonchev–Trinajstić information content (AvgIpc) is 2.30. The van der Waals surface area contributed by atoms with E-state index in [4.69, 9.17) is 27.9 Å². The average molecular weight is 283 g/mol. The summed E-state index contributed by atoms with van der Waals surface area (Å²) in [6.45, 7) is 5.79. The van der Waals surface area contributed by atoms with Crippen LogP contribution in [0.2, 0.25) is 0 Å². The zero-order chi connectivity index (χ0) is 12.5. The van der Waals surface area contributed by atoms with Crippen molar-refractivity contribution in [2.24, 2.45) is 0 Å². The summed E-state index contributed by atoms with van der Waals surface area (Å²) in [6, 6.07) is 0. The van der Waals surface area contributed by atoms with E-state index in [1.54, 1.807) is 0 Å². The summed E-state index contributed by atoms with van der Waals surface area (Å²) in [5.74, 6) is -0.662. The predicted octanol–water partition coefficient (Wildman–Crippen LogP) is 3.05. The van der Waals surface area contributed by atoms with Crippen molar-refractivity contribution in [3.8, 4) is 0 Å². The van der Waals surface area contributed by atoms with Crippen LogP contribution in [0.1, 0.15) is 27.2 Å². The van der Waals surface area contributed by atoms with Crippen LogP contribution in [0, 0.1) is 0 Å². The van der Waals surface area contributed by atoms with Gasteiger partial charge in [-0.25, -0.2) is 4.79 Å². The maximum absolute atomic E-state index is 11.6. The van der Waals surface area contributed by atoms with E-state index >= 15 is 0 Å². The van der Waals surface area contributed by atoms with E-state index in [1.807, 2.05) is 20.8 Å². The predicted molar refractivity (Wildman–Crippen MR) is 65.6 cm³/mol. The monoisotopic (exact) mass is 282 g/mol. The van der Waals surface area contributed by atoms with Crippen molar-refractivity contribution in [3.63, 3.8) is 0 Å². The molecule has 0 aliphatic carbocycles. The molecule has 0 fully saturated rings. The summed E-state index contributed by atoms with van der Waals surface area (Å²) < 4.78 is 4.69. The molecule has 3 nitrogen and oxygen atoms in total. The standard InChI is InChI=1S/C10H12Cl2O3S/c1-10(2,3)16-6(13)4-5-7(11)8(12)9(14)15-5/h5H,4H2,1-3H3/t5-/m0/s1. The fourth-order valence-electron chi connectivity index (χ4n) is 1.14. The fourth-order valence-corrected chi connectivity index (χ4v) is 2.42. The van der Waals surface area contributed by atoms with Gasteiger partial charge in [0.1, 0.15) is 11.1 Å². The van der Waals surface area contributed by atoms with Gasteiger partial charge < -0.3 is 4.74 Å². The minimum absolute atomic E-state index is 0.0583. The van der Waals surface area contributed by atoms with Gasteiger partial charge in [-0.2, -0.15) is 0 Å². The quantitative estimate of drug-likeness (QED) is 0.730. The second kappa shape index (κ2) is 4.98. The molecule has 0 radical (unpaired) electrons. The van der Waals surface area contributed by atoms with Gasteiger partial charge >= 0.3 is 5.97 Å². The van der Waals surface area contributed by atoms with Gasteiger partial charge in [-0.15, -0.1) is 0 Å². The Kier molecular flexibility index (Phi) is 4.32. The maximum atomic E-state index is 11.6. The van der Waals surface area contributed by atoms with Crippen LogP contribution >= 0.6 is 35.0 Å². The Hall–Kier alpha value is -0.190. The molecule has 0 saturated carbocycles. The number of carbonyl (C=O) groups is 2. The molecule has 0 aromatic carbocycles. The zero-order valence-electron chi connectivity index (χ0n) is 9.17. The summed E-state index contributed by atoms with van der Waals surface area (Å²) in [6.07, 6.45) is -0.660. The normalized spacial score (nSPS) is 21.3. The number of halogens is 2. The molecule has 0 spiro atoms. The summed E-state index contributed by atoms with van der Waals surface area (Å²) in [7, 11) is 0. The van der Waals surface area contributed by atoms with Gasteiger partial charge in [0.2, 0.25) is 0 Å². The van der Waals surface area contributed by atoms with Gasteiger partial charge in [-0.1, -0.05) is 55.7 Å². The summed E-state index contributed by atoms with van der Waals surface area (Å²) in [4.78, 5) is 22.7. The minimum atomic E-state index is -0.719. The van der Waals surface area contributed by atoms with Crippen molar-refractivity contribution in [1.82, 2.24) is 0 Å². The highest BCUT2D eigenvalue weighted by Crippen LogP contribution is 2.33. The van der Waals surface area contributed by atoms with Crippen LogP contribution in [0.4, 0.5) is 0 Å². The van der Waals surface area contributed by atoms with Gasteiger partial charge in [0.25, 0.3) is 0 Å². The van der Waals surface area contributed by atoms with Crippen LogP contribution in [0.5, 0.6) is 0 Å². The van der Waals surface area contributed by atoms with Crippen molar-refractivity contribution < 1.29 is 14.3 Å². The Labute approximate surface area is 108 Å². The molecular formula is C10H12Cl2O3S. The number of hydrogen-bond acceptors (Lipinski definition) is 4. The Morgan fingerprint density at radius 3 is 2.38 bits per heavy atom. The molecule has 90 valence electrons. The van der Waals surface area contributed by atoms with Gasteiger partial charge in [0.15, 0.2) is 5.12 Å². The van der Waals surface area contributed by atoms with Crippen LogP contribution in [-0.4, -0.2) is 21.9 Å². The van der Waals surface area contributed by atoms with Crippen LogP contribution in [-0.2, 0) is 14.3 Å². The third-order valence-corrected chi connectivity index (χ3v) is 3.59. The molecule has 0 aromatic heterocycles. The van der Waals surface area contributed by atoms with Crippen molar-refractivity contribution >= 4 is 46.0 Å². The molecule has 0 unspecified atom stereocenters. The lowest BCUT2D eigenvalue weighted by Crippen LogP contribution is -2.18. The first-order valence-corrected chi connectivity index (χ1v) is 6.26. The van der Waals surface area contributed by atoms with E-state index in [1.165, 1.54) is 11.8 Å². The SMILES string of the molecule is CC(C)(C)SC(=O)C[C@@H]1OC(=O)C(Cl)=C1Cl. The molecule has 6 heteroatoms. The number of carbonyl (C=O) groups excluding carboxylic acids is 2. The maximum Gasteiger partial charge on any atom is 0.351 e. The Bertz CT molecular complexity index is 358. The van der Waals surface area contributed by atoms with Gasteiger partial charge in [-0.05, 0) is 0 Å². The highest BCUT2D eigenvalue weighted by Gasteiger charge is 2.34. The lowest BCUT2D eigenvalue weighted by atomic mass is 10.2. The second-order valence-electron chi connectivity index (χ2n) is 4.35. The third kappa shape index (κ3) is 3.68. The Balaban J connectivity index is 2.58. The lowest BCUT2D eigenvalue weighted by molar-refractivity contribution is -0.139. The first-order chi connectivity index (χ1) is 7.20. The van der Waals surface area contributed by atoms with Crippen molar-refractivity contribution in [2.75, 3.05) is 0 Å². The van der Waals surface area contributed by atoms with E-state index in [-0.39, 0.29) is 26.3 Å². The molecule has 1 rings (SSSR count). The number of thioether (sulfide) groups is 1. The molecule has 0 saturated heterocycles. The first-order valence-electron chi connectivity index (χ1n) is 4.68. The van der Waals surface area contributed by atoms with Gasteiger partial charge in [0.05, 0.1) is 11.5 Å². The van der Waals surface area contributed by atoms with Gasteiger partial charge in [-0.3, -0.25) is 4.79 Å². The molecule has 0 N–H and O–H groups in total. The van der Waals surface area contributed by atoms with Gasteiger partial charge in [0, 0.05) is 4.75 Å². The zero-order valence-corrected chi connectivity index (χ0v) is 11.5. The first kappa shape index (κ1) is 13.9. The lowest BCUT2D eigenvalue weighted by Gasteiger charge is -2.17. The van der Waals surface area contributed by atoms with Crippen LogP contribution < -0.4 is 0 Å². The topological polar surface area (TPSA) is 43.4 Å². The molecule has 1 heterocycles. The summed E-state index contributed by atoms with van der Waals surface area (Å²) >= 11 is 12.6. The van der Waals surface area contributed by atoms with Crippen LogP contribution in [0.15, 0.2) is 10.1 Å². The van der Waals surface area contributed by atoms with E-state index in [0.717, 1.165) is 0 Å². The Morgan fingerprint density at radius 1 is 1.44 bits per heavy atom.